The molecule has 0 aliphatic carbocycles. The summed E-state index contributed by atoms with van der Waals surface area (Å²) < 4.78 is 29.8. The molecule has 0 amide bonds. The Bertz CT molecular complexity index is 1520. The maximum atomic E-state index is 13.4. The summed E-state index contributed by atoms with van der Waals surface area (Å²) in [4.78, 5) is 34.7. The van der Waals surface area contributed by atoms with E-state index < -0.39 is 0 Å². The lowest BCUT2D eigenvalue weighted by Gasteiger charge is -2.09. The Morgan fingerprint density at radius 3 is 1.50 bits per heavy atom. The number of fused-ring (bicyclic) bond motifs is 2. The number of halogens is 2. The van der Waals surface area contributed by atoms with Gasteiger partial charge in [0.25, 0.3) is 11.1 Å². The largest absolute Gasteiger partial charge is 0.298 e. The molecule has 5 rings (SSSR count). The van der Waals surface area contributed by atoms with Crippen molar-refractivity contribution in [2.75, 3.05) is 0 Å². The molecule has 0 atom stereocenters. The Balaban J connectivity index is 1.44. The smallest absolute Gasteiger partial charge is 0.261 e. The van der Waals surface area contributed by atoms with E-state index in [4.69, 9.17) is 0 Å². The minimum atomic E-state index is -0.319. The lowest BCUT2D eigenvalue weighted by Crippen LogP contribution is -2.23. The van der Waals surface area contributed by atoms with Gasteiger partial charge in [0, 0.05) is 13.1 Å². The quantitative estimate of drug-likeness (QED) is 0.362. The van der Waals surface area contributed by atoms with Gasteiger partial charge in [0.15, 0.2) is 0 Å². The van der Waals surface area contributed by atoms with E-state index in [-0.39, 0.29) is 22.8 Å². The molecule has 0 aliphatic rings. The van der Waals surface area contributed by atoms with E-state index in [1.807, 2.05) is 0 Å². The van der Waals surface area contributed by atoms with Crippen molar-refractivity contribution in [1.82, 2.24) is 19.1 Å². The Hall–Kier alpha value is -4.20. The first-order chi connectivity index (χ1) is 16.5. The van der Waals surface area contributed by atoms with Crippen LogP contribution in [-0.2, 0) is 25.9 Å². The highest BCUT2D eigenvalue weighted by Crippen LogP contribution is 2.15. The van der Waals surface area contributed by atoms with Gasteiger partial charge in [-0.15, -0.1) is 0 Å². The first-order valence-corrected chi connectivity index (χ1v) is 10.9. The van der Waals surface area contributed by atoms with Crippen molar-refractivity contribution in [3.05, 3.63) is 117 Å². The Labute approximate surface area is 192 Å². The number of hydrogen-bond acceptors (Lipinski definition) is 4. The third-order valence-electron chi connectivity index (χ3n) is 5.83. The molecule has 2 heterocycles. The van der Waals surface area contributed by atoms with Crippen LogP contribution in [-0.4, -0.2) is 19.1 Å². The summed E-state index contributed by atoms with van der Waals surface area (Å²) in [5.74, 6) is -0.638. The van der Waals surface area contributed by atoms with Crippen LogP contribution in [0.5, 0.6) is 0 Å². The normalized spacial score (nSPS) is 11.4. The fourth-order valence-electron chi connectivity index (χ4n) is 4.01. The van der Waals surface area contributed by atoms with Crippen LogP contribution >= 0.6 is 0 Å². The van der Waals surface area contributed by atoms with Gasteiger partial charge >= 0.3 is 0 Å². The molecule has 0 N–H and O–H groups in total. The monoisotopic (exact) mass is 458 g/mol. The van der Waals surface area contributed by atoms with E-state index in [1.54, 1.807) is 36.4 Å². The predicted octanol–water partition coefficient (Wildman–Crippen LogP) is 3.87. The number of nitrogens with zero attached hydrogens (tertiary/aromatic N) is 4. The van der Waals surface area contributed by atoms with Crippen LogP contribution in [0.4, 0.5) is 8.78 Å². The molecular weight excluding hydrogens is 438 g/mol. The number of aryl methyl sites for hydroxylation is 4. The third kappa shape index (κ3) is 4.34. The molecule has 0 bridgehead atoms. The summed E-state index contributed by atoms with van der Waals surface area (Å²) in [5.41, 5.74) is 1.88. The van der Waals surface area contributed by atoms with Crippen molar-refractivity contribution >= 4 is 21.8 Å². The van der Waals surface area contributed by atoms with Gasteiger partial charge in [-0.3, -0.25) is 18.7 Å². The zero-order chi connectivity index (χ0) is 23.7. The van der Waals surface area contributed by atoms with Crippen molar-refractivity contribution in [2.24, 2.45) is 0 Å². The van der Waals surface area contributed by atoms with Crippen molar-refractivity contribution in [1.29, 1.82) is 0 Å². The van der Waals surface area contributed by atoms with Crippen LogP contribution in [0.25, 0.3) is 21.8 Å². The molecule has 0 saturated carbocycles. The Kier molecular flexibility index (Phi) is 5.71. The van der Waals surface area contributed by atoms with Gasteiger partial charge in [-0.2, -0.15) is 0 Å². The molecule has 0 radical (unpaired) electrons. The average molecular weight is 458 g/mol. The predicted molar refractivity (Wildman–Crippen MR) is 126 cm³/mol. The van der Waals surface area contributed by atoms with Crippen LogP contribution in [0.3, 0.4) is 0 Å². The highest BCUT2D eigenvalue weighted by atomic mass is 19.1. The van der Waals surface area contributed by atoms with E-state index in [9.17, 15) is 18.4 Å². The zero-order valence-corrected chi connectivity index (χ0v) is 18.1. The molecule has 0 unspecified atom stereocenters. The van der Waals surface area contributed by atoms with Crippen LogP contribution in [0, 0.1) is 11.6 Å². The third-order valence-corrected chi connectivity index (χ3v) is 5.83. The van der Waals surface area contributed by atoms with Crippen LogP contribution in [0.2, 0.25) is 0 Å². The molecule has 170 valence electrons. The molecule has 2 aromatic heterocycles. The molecule has 34 heavy (non-hydrogen) atoms. The van der Waals surface area contributed by atoms with Gasteiger partial charge in [-0.05, 0) is 60.4 Å². The summed E-state index contributed by atoms with van der Waals surface area (Å²) in [5, 5.41) is 0.720. The molecule has 0 fully saturated rings. The van der Waals surface area contributed by atoms with Crippen molar-refractivity contribution in [2.45, 2.75) is 25.9 Å². The highest BCUT2D eigenvalue weighted by Gasteiger charge is 2.11. The maximum absolute atomic E-state index is 13.4. The standard InChI is InChI=1S/C26H20F2N4O2/c27-19-5-1-3-17(11-19)7-9-31-15-29-23-14-22-24(13-21(23)25(31)33)30-16-32(26(22)34)10-8-18-4-2-6-20(28)12-18/h1-6,11-16H,7-10H2. The van der Waals surface area contributed by atoms with Crippen molar-refractivity contribution in [3.63, 3.8) is 0 Å². The minimum Gasteiger partial charge on any atom is -0.298 e. The van der Waals surface area contributed by atoms with Crippen LogP contribution < -0.4 is 11.1 Å². The lowest BCUT2D eigenvalue weighted by atomic mass is 10.1. The molecule has 0 spiro atoms. The van der Waals surface area contributed by atoms with E-state index >= 15 is 0 Å². The van der Waals surface area contributed by atoms with Crippen LogP contribution in [0.1, 0.15) is 11.1 Å². The number of hydrogen-bond donors (Lipinski definition) is 0. The number of aromatic nitrogens is 4. The van der Waals surface area contributed by atoms with Gasteiger partial charge < -0.3 is 0 Å². The average Bonchev–Trinajstić information content (AvgIpc) is 2.83. The van der Waals surface area contributed by atoms with Gasteiger partial charge in [-0.1, -0.05) is 24.3 Å². The minimum absolute atomic E-state index is 0.250. The lowest BCUT2D eigenvalue weighted by molar-refractivity contribution is 0.618. The second kappa shape index (κ2) is 8.97. The topological polar surface area (TPSA) is 69.8 Å². The molecule has 3 aromatic carbocycles. The van der Waals surface area contributed by atoms with Gasteiger partial charge in [-0.25, -0.2) is 18.7 Å². The second-order valence-corrected chi connectivity index (χ2v) is 8.13. The second-order valence-electron chi connectivity index (χ2n) is 8.13. The van der Waals surface area contributed by atoms with Crippen LogP contribution in [0.15, 0.2) is 82.9 Å². The maximum Gasteiger partial charge on any atom is 0.261 e. The molecular formula is C26H20F2N4O2. The van der Waals surface area contributed by atoms with E-state index in [2.05, 4.69) is 9.97 Å². The van der Waals surface area contributed by atoms with E-state index in [1.165, 1.54) is 46.1 Å². The van der Waals surface area contributed by atoms with Gasteiger partial charge in [0.1, 0.15) is 11.6 Å². The summed E-state index contributed by atoms with van der Waals surface area (Å²) in [7, 11) is 0. The number of rotatable bonds is 6. The van der Waals surface area contributed by atoms with Gasteiger partial charge in [0.2, 0.25) is 0 Å². The summed E-state index contributed by atoms with van der Waals surface area (Å²) in [6.07, 6.45) is 3.84. The molecule has 8 heteroatoms. The molecule has 6 nitrogen and oxygen atoms in total. The first-order valence-electron chi connectivity index (χ1n) is 10.9. The molecule has 0 aliphatic heterocycles. The summed E-state index contributed by atoms with van der Waals surface area (Å²) in [6.45, 7) is 0.691. The van der Waals surface area contributed by atoms with Gasteiger partial charge in [0.05, 0.1) is 34.5 Å². The van der Waals surface area contributed by atoms with E-state index in [0.29, 0.717) is 47.7 Å². The zero-order valence-electron chi connectivity index (χ0n) is 18.1. The Morgan fingerprint density at radius 2 is 1.09 bits per heavy atom. The van der Waals surface area contributed by atoms with Crippen molar-refractivity contribution in [3.8, 4) is 0 Å². The highest BCUT2D eigenvalue weighted by molar-refractivity contribution is 5.93. The first kappa shape index (κ1) is 21.6. The fraction of sp³-hybridized carbons (Fsp3) is 0.154. The van der Waals surface area contributed by atoms with Crippen molar-refractivity contribution < 1.29 is 8.78 Å². The fourth-order valence-corrected chi connectivity index (χ4v) is 4.01. The number of benzene rings is 3. The molecule has 5 aromatic rings. The Morgan fingerprint density at radius 1 is 0.647 bits per heavy atom. The van der Waals surface area contributed by atoms with E-state index in [0.717, 1.165) is 11.1 Å². The summed E-state index contributed by atoms with van der Waals surface area (Å²) >= 11 is 0. The summed E-state index contributed by atoms with van der Waals surface area (Å²) in [6, 6.07) is 15.7. The molecule has 0 saturated heterocycles. The SMILES string of the molecule is O=c1c2cc3ncn(CCc4cccc(F)c4)c(=O)c3cc2ncn1CCc1cccc(F)c1.